The molecule has 0 radical (unpaired) electrons. The summed E-state index contributed by atoms with van der Waals surface area (Å²) in [4.78, 5) is 56.2. The van der Waals surface area contributed by atoms with Crippen molar-refractivity contribution in [3.63, 3.8) is 0 Å². The second kappa shape index (κ2) is 19.1. The topological polar surface area (TPSA) is 317 Å². The van der Waals surface area contributed by atoms with E-state index < -0.39 is 115 Å². The first-order valence-electron chi connectivity index (χ1n) is 17.4. The number of aliphatic hydroxyl groups is 6. The van der Waals surface area contributed by atoms with Gasteiger partial charge in [0.05, 0.1) is 43.2 Å². The minimum Gasteiger partial charge on any atom is -0.492 e. The Bertz CT molecular complexity index is 1320. The molecule has 1 saturated carbocycles. The van der Waals surface area contributed by atoms with Crippen LogP contribution in [0, 0.1) is 17.8 Å². The maximum atomic E-state index is 13.1. The zero-order valence-corrected chi connectivity index (χ0v) is 29.2. The molecular formula is C32H50N4O17. The van der Waals surface area contributed by atoms with Crippen LogP contribution in [0.25, 0.3) is 0 Å². The molecule has 2 saturated heterocycles. The van der Waals surface area contributed by atoms with E-state index in [2.05, 4.69) is 16.0 Å². The minimum absolute atomic E-state index is 0.0354. The fraction of sp³-hybridized carbons (Fsp3) is 0.750. The number of ether oxygens (including phenoxy) is 4. The molecule has 12 atom stereocenters. The first kappa shape index (κ1) is 42.1. The van der Waals surface area contributed by atoms with Crippen LogP contribution < -0.4 is 20.8 Å². The first-order valence-corrected chi connectivity index (χ1v) is 17.4. The average Bonchev–Trinajstić information content (AvgIpc) is 3.81. The van der Waals surface area contributed by atoms with Crippen LogP contribution in [0.4, 0.5) is 0 Å². The fourth-order valence-corrected chi connectivity index (χ4v) is 6.07. The zero-order valence-electron chi connectivity index (χ0n) is 29.2. The van der Waals surface area contributed by atoms with E-state index >= 15 is 0 Å². The molecule has 3 fully saturated rings. The number of nitrogens with one attached hydrogen (secondary N) is 3. The van der Waals surface area contributed by atoms with Gasteiger partial charge in [-0.25, -0.2) is 4.79 Å². The van der Waals surface area contributed by atoms with Gasteiger partial charge in [-0.3, -0.25) is 14.4 Å². The van der Waals surface area contributed by atoms with Crippen LogP contribution in [0.2, 0.25) is 0 Å². The van der Waals surface area contributed by atoms with Gasteiger partial charge in [-0.15, -0.1) is 4.73 Å². The van der Waals surface area contributed by atoms with E-state index in [0.29, 0.717) is 24.0 Å². The number of amides is 3. The Kier molecular flexibility index (Phi) is 15.2. The second-order valence-electron chi connectivity index (χ2n) is 13.2. The van der Waals surface area contributed by atoms with E-state index in [1.807, 2.05) is 0 Å². The van der Waals surface area contributed by atoms with E-state index in [-0.39, 0.29) is 39.3 Å². The third-order valence-electron chi connectivity index (χ3n) is 9.26. The highest BCUT2D eigenvalue weighted by atomic mass is 16.7. The summed E-state index contributed by atoms with van der Waals surface area (Å²) in [6.07, 6.45) is -11.7. The van der Waals surface area contributed by atoms with Crippen molar-refractivity contribution >= 4 is 23.7 Å². The molecule has 4 rings (SSSR count). The van der Waals surface area contributed by atoms with Crippen LogP contribution in [0.1, 0.15) is 39.5 Å². The summed E-state index contributed by atoms with van der Waals surface area (Å²) in [6, 6.07) is 2.30. The predicted octanol–water partition coefficient (Wildman–Crippen LogP) is -4.69. The molecule has 12 unspecified atom stereocenters. The Hall–Kier alpha value is -3.64. The van der Waals surface area contributed by atoms with Crippen LogP contribution >= 0.6 is 0 Å². The van der Waals surface area contributed by atoms with Gasteiger partial charge in [0.15, 0.2) is 12.6 Å². The molecule has 11 N–H and O–H groups in total. The minimum atomic E-state index is -1.54. The van der Waals surface area contributed by atoms with Crippen LogP contribution in [0.15, 0.2) is 12.1 Å². The molecule has 2 aliphatic heterocycles. The number of aromatic hydroxyl groups is 2. The summed E-state index contributed by atoms with van der Waals surface area (Å²) in [7, 11) is 0. The Labute approximate surface area is 303 Å². The lowest BCUT2D eigenvalue weighted by atomic mass is 10.0. The van der Waals surface area contributed by atoms with Gasteiger partial charge in [0, 0.05) is 38.2 Å². The van der Waals surface area contributed by atoms with Crippen LogP contribution in [-0.2, 0) is 38.1 Å². The van der Waals surface area contributed by atoms with E-state index in [1.54, 1.807) is 0 Å². The molecule has 53 heavy (non-hydrogen) atoms. The Morgan fingerprint density at radius 3 is 1.47 bits per heavy atom. The highest BCUT2D eigenvalue weighted by molar-refractivity contribution is 6.02. The quantitative estimate of drug-likeness (QED) is 0.0626. The predicted molar refractivity (Wildman–Crippen MR) is 174 cm³/mol. The van der Waals surface area contributed by atoms with Crippen LogP contribution in [0.3, 0.4) is 0 Å². The number of rotatable bonds is 18. The summed E-state index contributed by atoms with van der Waals surface area (Å²) >= 11 is 0. The number of nitrogens with zero attached hydrogens (tertiary/aromatic N) is 1. The Morgan fingerprint density at radius 2 is 1.04 bits per heavy atom. The number of carbonyl (C=O) groups is 4. The highest BCUT2D eigenvalue weighted by Crippen LogP contribution is 2.47. The van der Waals surface area contributed by atoms with Crippen LogP contribution in [0.5, 0.6) is 11.8 Å². The van der Waals surface area contributed by atoms with Gasteiger partial charge in [0.2, 0.25) is 29.5 Å². The zero-order chi connectivity index (χ0) is 39.0. The molecule has 300 valence electrons. The van der Waals surface area contributed by atoms with Gasteiger partial charge in [0.25, 0.3) is 0 Å². The van der Waals surface area contributed by atoms with E-state index in [0.717, 1.165) is 12.1 Å². The van der Waals surface area contributed by atoms with Crippen molar-refractivity contribution in [2.24, 2.45) is 17.8 Å². The molecule has 3 heterocycles. The van der Waals surface area contributed by atoms with Crippen molar-refractivity contribution in [3.05, 3.63) is 12.1 Å². The fourth-order valence-electron chi connectivity index (χ4n) is 6.07. The van der Waals surface area contributed by atoms with E-state index in [9.17, 15) is 60.0 Å². The third-order valence-corrected chi connectivity index (χ3v) is 9.26. The SMILES string of the molecule is CC1OC(OCCNC(=O)C2C(C(=O)NCCCCCC(=O)On3c(O)ccc3O)C2C(=O)NCCOC2OC(C)C(O)C(O)C2O)C(O)C(O)C1O. The highest BCUT2D eigenvalue weighted by Gasteiger charge is 2.62. The van der Waals surface area contributed by atoms with Crippen molar-refractivity contribution in [1.29, 1.82) is 0 Å². The molecular weight excluding hydrogens is 712 g/mol. The standard InChI is InChI=1S/C32H50N4O17/c1-14-22(40)24(42)26(44)31(51-14)49-12-10-34-29(47)20-19(21(20)30(48)35-11-13-50-32-27(45)25(43)23(41)15(2)52-32)28(46)33-9-5-3-4-6-18(39)53-36-16(37)7-8-17(36)38/h7-8,14-15,19-27,31-32,37-38,40-45H,3-6,9-13H2,1-2H3,(H,33,46)(H,34,47)(H,35,48). The van der Waals surface area contributed by atoms with Crippen molar-refractivity contribution in [2.45, 2.75) is 101 Å². The molecule has 3 aliphatic rings. The lowest BCUT2D eigenvalue weighted by Crippen LogP contribution is -2.57. The Balaban J connectivity index is 1.23. The van der Waals surface area contributed by atoms with E-state index in [1.165, 1.54) is 13.8 Å². The number of aromatic nitrogens is 1. The molecule has 1 aromatic heterocycles. The number of unbranched alkanes of at least 4 members (excludes halogenated alkanes) is 2. The molecule has 21 heteroatoms. The number of hydrogen-bond donors (Lipinski definition) is 11. The van der Waals surface area contributed by atoms with Gasteiger partial charge < -0.3 is 80.6 Å². The molecule has 1 aromatic rings. The first-order chi connectivity index (χ1) is 25.1. The summed E-state index contributed by atoms with van der Waals surface area (Å²) in [5.41, 5.74) is 0. The van der Waals surface area contributed by atoms with E-state index in [4.69, 9.17) is 23.8 Å². The molecule has 0 aromatic carbocycles. The maximum Gasteiger partial charge on any atom is 0.333 e. The van der Waals surface area contributed by atoms with Gasteiger partial charge >= 0.3 is 5.97 Å². The average molecular weight is 763 g/mol. The van der Waals surface area contributed by atoms with Crippen molar-refractivity contribution in [1.82, 2.24) is 20.7 Å². The largest absolute Gasteiger partial charge is 0.492 e. The number of hydrogen-bond acceptors (Lipinski definition) is 17. The maximum absolute atomic E-state index is 13.1. The summed E-state index contributed by atoms with van der Waals surface area (Å²) in [5, 5.41) is 86.8. The summed E-state index contributed by atoms with van der Waals surface area (Å²) in [5.74, 6) is -6.55. The van der Waals surface area contributed by atoms with Gasteiger partial charge in [-0.05, 0) is 26.7 Å². The monoisotopic (exact) mass is 762 g/mol. The molecule has 3 amide bonds. The van der Waals surface area contributed by atoms with Crippen molar-refractivity contribution in [3.8, 4) is 11.8 Å². The molecule has 0 bridgehead atoms. The normalized spacial score (nSPS) is 33.8. The van der Waals surface area contributed by atoms with Gasteiger partial charge in [-0.2, -0.15) is 0 Å². The smallest absolute Gasteiger partial charge is 0.333 e. The summed E-state index contributed by atoms with van der Waals surface area (Å²) in [6.45, 7) is 2.56. The molecule has 21 nitrogen and oxygen atoms in total. The van der Waals surface area contributed by atoms with Gasteiger partial charge in [-0.1, -0.05) is 6.42 Å². The third kappa shape index (κ3) is 10.7. The Morgan fingerprint density at radius 1 is 0.623 bits per heavy atom. The molecule has 1 aliphatic carbocycles. The van der Waals surface area contributed by atoms with Crippen molar-refractivity contribution in [2.75, 3.05) is 32.8 Å². The lowest BCUT2D eigenvalue weighted by molar-refractivity contribution is -0.292. The summed E-state index contributed by atoms with van der Waals surface area (Å²) < 4.78 is 22.1. The lowest BCUT2D eigenvalue weighted by Gasteiger charge is -2.38. The van der Waals surface area contributed by atoms with Crippen LogP contribution in [-0.4, -0.2) is 164 Å². The van der Waals surface area contributed by atoms with Crippen molar-refractivity contribution < 1.29 is 83.8 Å². The van der Waals surface area contributed by atoms with Gasteiger partial charge in [0.1, 0.15) is 36.6 Å². The number of aliphatic hydroxyl groups excluding tert-OH is 6. The second-order valence-corrected chi connectivity index (χ2v) is 13.2. The molecule has 0 spiro atoms. The number of carbonyl (C=O) groups excluding carboxylic acids is 4.